The largest absolute Gasteiger partial charge is 0.303 e. The van der Waals surface area contributed by atoms with Gasteiger partial charge in [0.15, 0.2) is 0 Å². The lowest BCUT2D eigenvalue weighted by molar-refractivity contribution is 0.309. The van der Waals surface area contributed by atoms with Crippen LogP contribution in [0.5, 0.6) is 0 Å². The van der Waals surface area contributed by atoms with Gasteiger partial charge < -0.3 is 4.90 Å². The summed E-state index contributed by atoms with van der Waals surface area (Å²) >= 11 is 0. The van der Waals surface area contributed by atoms with Crippen LogP contribution in [0.15, 0.2) is 23.1 Å². The quantitative estimate of drug-likeness (QED) is 0.839. The number of nitrogens with one attached hydrogen (secondary N) is 1. The van der Waals surface area contributed by atoms with E-state index in [1.807, 2.05) is 26.0 Å². The Morgan fingerprint density at radius 1 is 1.15 bits per heavy atom. The SMILES string of the molecule is CCN(CC)CCNS(=O)(=O)c1ccc(C)cc1C.Cl. The zero-order chi connectivity index (χ0) is 14.5. The fourth-order valence-corrected chi connectivity index (χ4v) is 3.30. The van der Waals surface area contributed by atoms with Crippen LogP contribution in [-0.4, -0.2) is 39.5 Å². The zero-order valence-corrected chi connectivity index (χ0v) is 14.3. The zero-order valence-electron chi connectivity index (χ0n) is 12.6. The summed E-state index contributed by atoms with van der Waals surface area (Å²) in [6.45, 7) is 11.0. The van der Waals surface area contributed by atoms with Gasteiger partial charge in [0.2, 0.25) is 10.0 Å². The van der Waals surface area contributed by atoms with Crippen molar-refractivity contribution in [2.45, 2.75) is 32.6 Å². The molecule has 0 fully saturated rings. The first-order chi connectivity index (χ1) is 8.90. The highest BCUT2D eigenvalue weighted by atomic mass is 35.5. The Kier molecular flexibility index (Phi) is 8.35. The number of hydrogen-bond donors (Lipinski definition) is 1. The third-order valence-electron chi connectivity index (χ3n) is 3.23. The summed E-state index contributed by atoms with van der Waals surface area (Å²) in [6, 6.07) is 5.38. The molecule has 20 heavy (non-hydrogen) atoms. The summed E-state index contributed by atoms with van der Waals surface area (Å²) in [7, 11) is -3.40. The van der Waals surface area contributed by atoms with E-state index in [0.717, 1.165) is 30.8 Å². The first-order valence-corrected chi connectivity index (χ1v) is 8.18. The first-order valence-electron chi connectivity index (χ1n) is 6.70. The maximum absolute atomic E-state index is 12.2. The second-order valence-electron chi connectivity index (χ2n) is 4.69. The minimum absolute atomic E-state index is 0. The van der Waals surface area contributed by atoms with E-state index in [0.29, 0.717) is 11.4 Å². The Morgan fingerprint density at radius 2 is 1.75 bits per heavy atom. The van der Waals surface area contributed by atoms with Crippen LogP contribution in [0.2, 0.25) is 0 Å². The van der Waals surface area contributed by atoms with E-state index >= 15 is 0 Å². The van der Waals surface area contributed by atoms with E-state index in [-0.39, 0.29) is 12.4 Å². The lowest BCUT2D eigenvalue weighted by Crippen LogP contribution is -2.35. The molecule has 1 aromatic rings. The molecule has 0 bridgehead atoms. The third-order valence-corrected chi connectivity index (χ3v) is 4.86. The number of benzene rings is 1. The molecule has 1 N–H and O–H groups in total. The monoisotopic (exact) mass is 320 g/mol. The fourth-order valence-electron chi connectivity index (χ4n) is 2.06. The second-order valence-corrected chi connectivity index (χ2v) is 6.43. The highest BCUT2D eigenvalue weighted by Crippen LogP contribution is 2.15. The minimum atomic E-state index is -3.40. The van der Waals surface area contributed by atoms with E-state index in [2.05, 4.69) is 23.5 Å². The summed E-state index contributed by atoms with van der Waals surface area (Å²) in [5, 5.41) is 0. The summed E-state index contributed by atoms with van der Waals surface area (Å²) in [5.74, 6) is 0. The summed E-state index contributed by atoms with van der Waals surface area (Å²) in [6.07, 6.45) is 0. The molecule has 0 aliphatic carbocycles. The number of sulfonamides is 1. The van der Waals surface area contributed by atoms with Crippen molar-refractivity contribution < 1.29 is 8.42 Å². The van der Waals surface area contributed by atoms with Crippen LogP contribution < -0.4 is 4.72 Å². The molecule has 4 nitrogen and oxygen atoms in total. The van der Waals surface area contributed by atoms with Crippen molar-refractivity contribution in [3.05, 3.63) is 29.3 Å². The molecule has 0 heterocycles. The van der Waals surface area contributed by atoms with Crippen LogP contribution in [0, 0.1) is 13.8 Å². The predicted molar refractivity (Wildman–Crippen MR) is 86.1 cm³/mol. The molecule has 6 heteroatoms. The number of halogens is 1. The van der Waals surface area contributed by atoms with Gasteiger partial charge in [-0.3, -0.25) is 0 Å². The molecule has 116 valence electrons. The highest BCUT2D eigenvalue weighted by molar-refractivity contribution is 7.89. The second kappa shape index (κ2) is 8.62. The number of rotatable bonds is 7. The predicted octanol–water partition coefficient (Wildman–Crippen LogP) is 2.35. The maximum atomic E-state index is 12.2. The molecule has 0 spiro atoms. The molecule has 0 aromatic heterocycles. The molecular weight excluding hydrogens is 296 g/mol. The smallest absolute Gasteiger partial charge is 0.240 e. The van der Waals surface area contributed by atoms with Crippen molar-refractivity contribution in [2.24, 2.45) is 0 Å². The number of hydrogen-bond acceptors (Lipinski definition) is 3. The summed E-state index contributed by atoms with van der Waals surface area (Å²) in [4.78, 5) is 2.56. The fraction of sp³-hybridized carbons (Fsp3) is 0.571. The minimum Gasteiger partial charge on any atom is -0.303 e. The normalized spacial score (nSPS) is 11.4. The Balaban J connectivity index is 0.00000361. The number of likely N-dealkylation sites (N-methyl/N-ethyl adjacent to an activating group) is 1. The van der Waals surface area contributed by atoms with Crippen molar-refractivity contribution >= 4 is 22.4 Å². The Labute approximate surface area is 129 Å². The van der Waals surface area contributed by atoms with Crippen molar-refractivity contribution in [3.63, 3.8) is 0 Å². The lowest BCUT2D eigenvalue weighted by atomic mass is 10.2. The molecule has 0 amide bonds. The molecule has 0 unspecified atom stereocenters. The van der Waals surface area contributed by atoms with Gasteiger partial charge in [-0.2, -0.15) is 0 Å². The van der Waals surface area contributed by atoms with Gasteiger partial charge in [-0.1, -0.05) is 31.5 Å². The van der Waals surface area contributed by atoms with Crippen molar-refractivity contribution in [2.75, 3.05) is 26.2 Å². The molecule has 0 aliphatic rings. The van der Waals surface area contributed by atoms with Crippen molar-refractivity contribution in [3.8, 4) is 0 Å². The van der Waals surface area contributed by atoms with Crippen molar-refractivity contribution in [1.29, 1.82) is 0 Å². The van der Waals surface area contributed by atoms with Crippen molar-refractivity contribution in [1.82, 2.24) is 9.62 Å². The molecule has 1 aromatic carbocycles. The Morgan fingerprint density at radius 3 is 2.25 bits per heavy atom. The molecular formula is C14H25ClN2O2S. The molecule has 0 saturated carbocycles. The first kappa shape index (κ1) is 19.4. The van der Waals surface area contributed by atoms with Crippen LogP contribution in [0.25, 0.3) is 0 Å². The summed E-state index contributed by atoms with van der Waals surface area (Å²) in [5.41, 5.74) is 1.86. The number of aryl methyl sites for hydroxylation is 2. The van der Waals surface area contributed by atoms with E-state index in [9.17, 15) is 8.42 Å². The average Bonchev–Trinajstić information content (AvgIpc) is 2.34. The van der Waals surface area contributed by atoms with Gasteiger partial charge >= 0.3 is 0 Å². The van der Waals surface area contributed by atoms with Gasteiger partial charge in [0.1, 0.15) is 0 Å². The van der Waals surface area contributed by atoms with Crippen LogP contribution >= 0.6 is 12.4 Å². The van der Waals surface area contributed by atoms with Gasteiger partial charge in [-0.25, -0.2) is 13.1 Å². The van der Waals surface area contributed by atoms with Gasteiger partial charge in [-0.05, 0) is 38.6 Å². The van der Waals surface area contributed by atoms with Gasteiger partial charge in [0, 0.05) is 13.1 Å². The van der Waals surface area contributed by atoms with Gasteiger partial charge in [-0.15, -0.1) is 12.4 Å². The summed E-state index contributed by atoms with van der Waals surface area (Å²) < 4.78 is 27.1. The molecule has 0 atom stereocenters. The maximum Gasteiger partial charge on any atom is 0.240 e. The van der Waals surface area contributed by atoms with Crippen LogP contribution in [0.4, 0.5) is 0 Å². The Bertz CT molecular complexity index is 514. The highest BCUT2D eigenvalue weighted by Gasteiger charge is 2.16. The third kappa shape index (κ3) is 5.40. The van der Waals surface area contributed by atoms with E-state index in [1.165, 1.54) is 0 Å². The topological polar surface area (TPSA) is 49.4 Å². The lowest BCUT2D eigenvalue weighted by Gasteiger charge is -2.18. The van der Waals surface area contributed by atoms with Gasteiger partial charge in [0.05, 0.1) is 4.90 Å². The molecule has 0 saturated heterocycles. The van der Waals surface area contributed by atoms with E-state index in [4.69, 9.17) is 0 Å². The molecule has 0 aliphatic heterocycles. The van der Waals surface area contributed by atoms with Crippen LogP contribution in [-0.2, 0) is 10.0 Å². The molecule has 0 radical (unpaired) electrons. The number of nitrogens with zero attached hydrogens (tertiary/aromatic N) is 1. The molecule has 1 rings (SSSR count). The Hall–Kier alpha value is -0.620. The van der Waals surface area contributed by atoms with E-state index < -0.39 is 10.0 Å². The average molecular weight is 321 g/mol. The van der Waals surface area contributed by atoms with Gasteiger partial charge in [0.25, 0.3) is 0 Å². The van der Waals surface area contributed by atoms with E-state index in [1.54, 1.807) is 6.07 Å². The van der Waals surface area contributed by atoms with Crippen LogP contribution in [0.3, 0.4) is 0 Å². The van der Waals surface area contributed by atoms with Crippen LogP contribution in [0.1, 0.15) is 25.0 Å². The standard InChI is InChI=1S/C14H24N2O2S.ClH/c1-5-16(6-2)10-9-15-19(17,18)14-8-7-12(3)11-13(14)4;/h7-8,11,15H,5-6,9-10H2,1-4H3;1H.